The standard InChI is InChI=1S/C22H25N5O3S2/c1-16-6-5-7-19(14-16)27-17(2)24-25-22(27)31-15-21(28)23-18-8-10-20(11-9-18)32(29,30)26-12-3-4-13-26/h5-11,14H,3-4,12-13,15H2,1-2H3,(H,23,28). The summed E-state index contributed by atoms with van der Waals surface area (Å²) in [5.41, 5.74) is 2.62. The summed E-state index contributed by atoms with van der Waals surface area (Å²) in [6.07, 6.45) is 1.78. The molecule has 0 unspecified atom stereocenters. The molecule has 1 aliphatic heterocycles. The molecule has 8 nitrogen and oxygen atoms in total. The van der Waals surface area contributed by atoms with Crippen LogP contribution in [0.4, 0.5) is 5.69 Å². The summed E-state index contributed by atoms with van der Waals surface area (Å²) in [6, 6.07) is 14.3. The van der Waals surface area contributed by atoms with Gasteiger partial charge >= 0.3 is 0 Å². The Morgan fingerprint density at radius 1 is 1.06 bits per heavy atom. The Labute approximate surface area is 192 Å². The van der Waals surface area contributed by atoms with Crippen LogP contribution in [0.25, 0.3) is 5.69 Å². The monoisotopic (exact) mass is 471 g/mol. The highest BCUT2D eigenvalue weighted by Crippen LogP contribution is 2.24. The van der Waals surface area contributed by atoms with Crippen LogP contribution in [0.2, 0.25) is 0 Å². The predicted molar refractivity (Wildman–Crippen MR) is 125 cm³/mol. The van der Waals surface area contributed by atoms with E-state index in [1.165, 1.54) is 28.2 Å². The molecule has 0 atom stereocenters. The quantitative estimate of drug-likeness (QED) is 0.531. The maximum absolute atomic E-state index is 12.6. The number of rotatable bonds is 7. The van der Waals surface area contributed by atoms with Gasteiger partial charge in [0.1, 0.15) is 5.82 Å². The first kappa shape index (κ1) is 22.5. The fourth-order valence-electron chi connectivity index (χ4n) is 3.62. The minimum Gasteiger partial charge on any atom is -0.325 e. The molecule has 32 heavy (non-hydrogen) atoms. The number of aryl methyl sites for hydroxylation is 2. The Morgan fingerprint density at radius 2 is 1.78 bits per heavy atom. The van der Waals surface area contributed by atoms with Crippen LogP contribution in [0.15, 0.2) is 58.6 Å². The lowest BCUT2D eigenvalue weighted by atomic mass is 10.2. The van der Waals surface area contributed by atoms with Gasteiger partial charge in [0.05, 0.1) is 10.6 Å². The number of benzene rings is 2. The highest BCUT2D eigenvalue weighted by Gasteiger charge is 2.27. The Kier molecular flexibility index (Phi) is 6.63. The molecule has 0 radical (unpaired) electrons. The van der Waals surface area contributed by atoms with Crippen molar-refractivity contribution in [2.45, 2.75) is 36.7 Å². The smallest absolute Gasteiger partial charge is 0.243 e. The zero-order chi connectivity index (χ0) is 22.7. The Balaban J connectivity index is 1.39. The molecule has 2 heterocycles. The van der Waals surface area contributed by atoms with E-state index in [4.69, 9.17) is 0 Å². The largest absolute Gasteiger partial charge is 0.325 e. The van der Waals surface area contributed by atoms with Gasteiger partial charge in [-0.2, -0.15) is 4.31 Å². The summed E-state index contributed by atoms with van der Waals surface area (Å²) in [5, 5.41) is 11.8. The topological polar surface area (TPSA) is 97.2 Å². The predicted octanol–water partition coefficient (Wildman–Crippen LogP) is 3.40. The van der Waals surface area contributed by atoms with Gasteiger partial charge in [-0.1, -0.05) is 23.9 Å². The third-order valence-electron chi connectivity index (χ3n) is 5.23. The van der Waals surface area contributed by atoms with E-state index in [0.717, 1.165) is 29.9 Å². The molecular weight excluding hydrogens is 446 g/mol. The summed E-state index contributed by atoms with van der Waals surface area (Å²) in [7, 11) is -3.46. The number of amides is 1. The number of nitrogens with one attached hydrogen (secondary N) is 1. The fourth-order valence-corrected chi connectivity index (χ4v) is 5.93. The maximum Gasteiger partial charge on any atom is 0.243 e. The van der Waals surface area contributed by atoms with Crippen LogP contribution in [-0.2, 0) is 14.8 Å². The fraction of sp³-hybridized carbons (Fsp3) is 0.318. The van der Waals surface area contributed by atoms with Crippen molar-refractivity contribution < 1.29 is 13.2 Å². The van der Waals surface area contributed by atoms with Gasteiger partial charge < -0.3 is 5.32 Å². The van der Waals surface area contributed by atoms with Crippen molar-refractivity contribution >= 4 is 33.4 Å². The molecule has 1 saturated heterocycles. The molecule has 1 amide bonds. The van der Waals surface area contributed by atoms with Crippen LogP contribution < -0.4 is 5.32 Å². The van der Waals surface area contributed by atoms with E-state index in [9.17, 15) is 13.2 Å². The summed E-state index contributed by atoms with van der Waals surface area (Å²) in [4.78, 5) is 12.7. The van der Waals surface area contributed by atoms with Crippen molar-refractivity contribution in [3.63, 3.8) is 0 Å². The van der Waals surface area contributed by atoms with Gasteiger partial charge in [-0.05, 0) is 68.7 Å². The first-order valence-electron chi connectivity index (χ1n) is 10.4. The number of thioether (sulfide) groups is 1. The van der Waals surface area contributed by atoms with E-state index >= 15 is 0 Å². The van der Waals surface area contributed by atoms with Crippen molar-refractivity contribution in [1.82, 2.24) is 19.1 Å². The number of hydrogen-bond donors (Lipinski definition) is 1. The average molecular weight is 472 g/mol. The number of carbonyl (C=O) groups is 1. The lowest BCUT2D eigenvalue weighted by molar-refractivity contribution is -0.113. The summed E-state index contributed by atoms with van der Waals surface area (Å²) in [5.74, 6) is 0.688. The maximum atomic E-state index is 12.6. The summed E-state index contributed by atoms with van der Waals surface area (Å²) < 4.78 is 28.7. The Bertz CT molecular complexity index is 1220. The first-order valence-corrected chi connectivity index (χ1v) is 12.8. The normalized spacial score (nSPS) is 14.6. The number of sulfonamides is 1. The third-order valence-corrected chi connectivity index (χ3v) is 8.07. The second kappa shape index (κ2) is 9.43. The van der Waals surface area contributed by atoms with Crippen LogP contribution in [-0.4, -0.2) is 52.2 Å². The van der Waals surface area contributed by atoms with Crippen LogP contribution >= 0.6 is 11.8 Å². The van der Waals surface area contributed by atoms with E-state index in [2.05, 4.69) is 15.5 Å². The van der Waals surface area contributed by atoms with E-state index in [1.807, 2.05) is 42.7 Å². The molecule has 1 fully saturated rings. The van der Waals surface area contributed by atoms with Crippen LogP contribution in [0.5, 0.6) is 0 Å². The Morgan fingerprint density at radius 3 is 2.47 bits per heavy atom. The minimum atomic E-state index is -3.46. The van der Waals surface area contributed by atoms with Gasteiger partial charge in [-0.15, -0.1) is 10.2 Å². The zero-order valence-corrected chi connectivity index (χ0v) is 19.6. The van der Waals surface area contributed by atoms with Crippen molar-refractivity contribution in [3.05, 3.63) is 59.9 Å². The number of anilines is 1. The van der Waals surface area contributed by atoms with Gasteiger partial charge in [0, 0.05) is 24.5 Å². The summed E-state index contributed by atoms with van der Waals surface area (Å²) in [6.45, 7) is 5.01. The zero-order valence-electron chi connectivity index (χ0n) is 18.0. The second-order valence-corrected chi connectivity index (χ2v) is 10.6. The highest BCUT2D eigenvalue weighted by atomic mass is 32.2. The van der Waals surface area contributed by atoms with E-state index in [-0.39, 0.29) is 16.6 Å². The highest BCUT2D eigenvalue weighted by molar-refractivity contribution is 7.99. The van der Waals surface area contributed by atoms with E-state index in [0.29, 0.717) is 23.9 Å². The second-order valence-electron chi connectivity index (χ2n) is 7.68. The molecule has 2 aromatic carbocycles. The molecule has 4 rings (SSSR count). The number of carbonyl (C=O) groups excluding carboxylic acids is 1. The molecule has 10 heteroatoms. The Hall–Kier alpha value is -2.69. The molecular formula is C22H25N5O3S2. The number of aromatic nitrogens is 3. The van der Waals surface area contributed by atoms with E-state index < -0.39 is 10.0 Å². The molecule has 0 spiro atoms. The van der Waals surface area contributed by atoms with Crippen LogP contribution in [0.1, 0.15) is 24.2 Å². The van der Waals surface area contributed by atoms with Crippen molar-refractivity contribution in [1.29, 1.82) is 0 Å². The lowest BCUT2D eigenvalue weighted by Crippen LogP contribution is -2.27. The van der Waals surface area contributed by atoms with Crippen molar-refractivity contribution in [2.75, 3.05) is 24.2 Å². The van der Waals surface area contributed by atoms with Gasteiger partial charge in [0.2, 0.25) is 15.9 Å². The third kappa shape index (κ3) is 4.87. The molecule has 0 saturated carbocycles. The molecule has 1 aliphatic rings. The SMILES string of the molecule is Cc1cccc(-n2c(C)nnc2SCC(=O)Nc2ccc(S(=O)(=O)N3CCCC3)cc2)c1. The molecule has 0 aliphatic carbocycles. The minimum absolute atomic E-state index is 0.151. The molecule has 3 aromatic rings. The molecule has 168 valence electrons. The van der Waals surface area contributed by atoms with Crippen molar-refractivity contribution in [2.24, 2.45) is 0 Å². The van der Waals surface area contributed by atoms with Crippen LogP contribution in [0.3, 0.4) is 0 Å². The number of nitrogens with zero attached hydrogens (tertiary/aromatic N) is 4. The van der Waals surface area contributed by atoms with Gasteiger partial charge in [-0.25, -0.2) is 8.42 Å². The summed E-state index contributed by atoms with van der Waals surface area (Å²) >= 11 is 1.29. The van der Waals surface area contributed by atoms with E-state index in [1.54, 1.807) is 12.1 Å². The van der Waals surface area contributed by atoms with Crippen molar-refractivity contribution in [3.8, 4) is 5.69 Å². The molecule has 1 aromatic heterocycles. The lowest BCUT2D eigenvalue weighted by Gasteiger charge is -2.15. The molecule has 1 N–H and O–H groups in total. The average Bonchev–Trinajstić information content (AvgIpc) is 3.43. The van der Waals surface area contributed by atoms with Gasteiger partial charge in [0.15, 0.2) is 5.16 Å². The number of hydrogen-bond acceptors (Lipinski definition) is 6. The van der Waals surface area contributed by atoms with Gasteiger partial charge in [0.25, 0.3) is 0 Å². The van der Waals surface area contributed by atoms with Crippen LogP contribution in [0, 0.1) is 13.8 Å². The van der Waals surface area contributed by atoms with Gasteiger partial charge in [-0.3, -0.25) is 9.36 Å². The first-order chi connectivity index (χ1) is 15.3. The molecule has 0 bridgehead atoms.